The first-order valence-corrected chi connectivity index (χ1v) is 7.01. The number of amides is 2. The number of hydrogen-bond acceptors (Lipinski definition) is 4. The molecular weight excluding hydrogens is 272 g/mol. The lowest BCUT2D eigenvalue weighted by Crippen LogP contribution is -2.39. The van der Waals surface area contributed by atoms with Crippen LogP contribution in [0.3, 0.4) is 0 Å². The molecule has 0 spiro atoms. The fraction of sp³-hybridized carbons (Fsp3) is 0.600. The minimum Gasteiger partial charge on any atom is -0.468 e. The molecule has 0 unspecified atom stereocenters. The van der Waals surface area contributed by atoms with Gasteiger partial charge in [0.2, 0.25) is 5.91 Å². The molecule has 2 heterocycles. The van der Waals surface area contributed by atoms with E-state index in [0.29, 0.717) is 19.5 Å². The first kappa shape index (κ1) is 15.4. The van der Waals surface area contributed by atoms with E-state index in [4.69, 9.17) is 9.15 Å². The summed E-state index contributed by atoms with van der Waals surface area (Å²) in [5.41, 5.74) is 0.0446. The Kier molecular flexibility index (Phi) is 4.25. The fourth-order valence-electron chi connectivity index (χ4n) is 2.40. The summed E-state index contributed by atoms with van der Waals surface area (Å²) in [5, 5.41) is 2.83. The highest BCUT2D eigenvalue weighted by Crippen LogP contribution is 2.21. The molecule has 1 aliphatic heterocycles. The van der Waals surface area contributed by atoms with E-state index in [9.17, 15) is 9.59 Å². The third-order valence-electron chi connectivity index (χ3n) is 3.22. The molecular formula is C15H22N2O4. The van der Waals surface area contributed by atoms with Crippen molar-refractivity contribution in [1.82, 2.24) is 10.2 Å². The van der Waals surface area contributed by atoms with Crippen LogP contribution < -0.4 is 10.1 Å². The van der Waals surface area contributed by atoms with E-state index in [1.54, 1.807) is 17.0 Å². The summed E-state index contributed by atoms with van der Waals surface area (Å²) in [6.45, 7) is 7.48. The number of methoxy groups -OCH3 is 1. The summed E-state index contributed by atoms with van der Waals surface area (Å²) in [7, 11) is 1.47. The number of carbonyl (C=O) groups excluding carboxylic acids is 2. The fourth-order valence-corrected chi connectivity index (χ4v) is 2.40. The van der Waals surface area contributed by atoms with Gasteiger partial charge in [-0.3, -0.25) is 9.59 Å². The lowest BCUT2D eigenvalue weighted by molar-refractivity contribution is -0.128. The summed E-state index contributed by atoms with van der Waals surface area (Å²) in [6.07, 6.45) is 0.333. The number of furan rings is 1. The molecule has 6 nitrogen and oxygen atoms in total. The zero-order chi connectivity index (χ0) is 15.6. The molecule has 116 valence electrons. The lowest BCUT2D eigenvalue weighted by atomic mass is 9.96. The van der Waals surface area contributed by atoms with Crippen molar-refractivity contribution in [2.45, 2.75) is 33.2 Å². The Morgan fingerprint density at radius 1 is 1.48 bits per heavy atom. The molecule has 1 fully saturated rings. The number of nitrogens with zero attached hydrogens (tertiary/aromatic N) is 1. The molecule has 1 aliphatic rings. The Labute approximate surface area is 124 Å². The van der Waals surface area contributed by atoms with Gasteiger partial charge in [0.05, 0.1) is 13.2 Å². The number of nitrogens with one attached hydrogen (secondary N) is 1. The molecule has 0 aromatic carbocycles. The normalized spacial score (nSPS) is 19.0. The predicted octanol–water partition coefficient (Wildman–Crippen LogP) is 1.66. The first-order valence-electron chi connectivity index (χ1n) is 7.01. The Balaban J connectivity index is 1.92. The molecule has 0 aliphatic carbocycles. The van der Waals surface area contributed by atoms with E-state index in [1.165, 1.54) is 7.11 Å². The smallest absolute Gasteiger partial charge is 0.287 e. The Hall–Kier alpha value is -1.98. The quantitative estimate of drug-likeness (QED) is 0.917. The lowest BCUT2D eigenvalue weighted by Gasteiger charge is -2.26. The molecule has 2 amide bonds. The molecule has 1 saturated heterocycles. The number of ether oxygens (including phenoxy) is 1. The predicted molar refractivity (Wildman–Crippen MR) is 77.2 cm³/mol. The van der Waals surface area contributed by atoms with Crippen LogP contribution >= 0.6 is 0 Å². The van der Waals surface area contributed by atoms with Crippen molar-refractivity contribution in [3.63, 3.8) is 0 Å². The van der Waals surface area contributed by atoms with Crippen LogP contribution in [0, 0.1) is 5.41 Å². The van der Waals surface area contributed by atoms with Crippen molar-refractivity contribution in [2.24, 2.45) is 5.41 Å². The van der Waals surface area contributed by atoms with Crippen LogP contribution in [0.15, 0.2) is 16.5 Å². The molecule has 1 N–H and O–H groups in total. The van der Waals surface area contributed by atoms with Crippen molar-refractivity contribution in [3.05, 3.63) is 17.9 Å². The Bertz CT molecular complexity index is 530. The van der Waals surface area contributed by atoms with Crippen molar-refractivity contribution in [2.75, 3.05) is 20.2 Å². The third kappa shape index (κ3) is 4.00. The molecule has 0 radical (unpaired) electrons. The van der Waals surface area contributed by atoms with E-state index >= 15 is 0 Å². The standard InChI is InChI=1S/C15H22N2O4/c1-15(2,3)9-17-8-10(7-12(17)18)16-14(19)11-5-6-13(20-4)21-11/h5-6,10H,7-9H2,1-4H3,(H,16,19)/t10-/m0/s1. The summed E-state index contributed by atoms with van der Waals surface area (Å²) >= 11 is 0. The van der Waals surface area contributed by atoms with Crippen molar-refractivity contribution >= 4 is 11.8 Å². The molecule has 0 bridgehead atoms. The van der Waals surface area contributed by atoms with Crippen molar-refractivity contribution in [1.29, 1.82) is 0 Å². The summed E-state index contributed by atoms with van der Waals surface area (Å²) in [5.74, 6) is 0.228. The van der Waals surface area contributed by atoms with E-state index in [-0.39, 0.29) is 35.0 Å². The van der Waals surface area contributed by atoms with Gasteiger partial charge >= 0.3 is 0 Å². The van der Waals surface area contributed by atoms with Crippen LogP contribution in [0.4, 0.5) is 0 Å². The average molecular weight is 294 g/mol. The van der Waals surface area contributed by atoms with Gasteiger partial charge in [0.15, 0.2) is 5.76 Å². The minimum atomic E-state index is -0.325. The van der Waals surface area contributed by atoms with Gasteiger partial charge in [-0.15, -0.1) is 0 Å². The zero-order valence-corrected chi connectivity index (χ0v) is 12.9. The molecule has 2 rings (SSSR count). The maximum absolute atomic E-state index is 12.0. The van der Waals surface area contributed by atoms with Crippen molar-refractivity contribution in [3.8, 4) is 5.95 Å². The molecule has 6 heteroatoms. The summed E-state index contributed by atoms with van der Waals surface area (Å²) < 4.78 is 10.1. The average Bonchev–Trinajstić information content (AvgIpc) is 2.95. The number of carbonyl (C=O) groups is 2. The topological polar surface area (TPSA) is 71.8 Å². The van der Waals surface area contributed by atoms with Crippen LogP contribution in [0.2, 0.25) is 0 Å². The van der Waals surface area contributed by atoms with Crippen LogP contribution in [0.25, 0.3) is 0 Å². The number of likely N-dealkylation sites (tertiary alicyclic amines) is 1. The monoisotopic (exact) mass is 294 g/mol. The second kappa shape index (κ2) is 5.79. The highest BCUT2D eigenvalue weighted by molar-refractivity contribution is 5.92. The molecule has 21 heavy (non-hydrogen) atoms. The van der Waals surface area contributed by atoms with Crippen LogP contribution in [0.5, 0.6) is 5.95 Å². The summed E-state index contributed by atoms with van der Waals surface area (Å²) in [4.78, 5) is 25.8. The van der Waals surface area contributed by atoms with Crippen LogP contribution in [-0.4, -0.2) is 43.0 Å². The molecule has 1 aromatic heterocycles. The van der Waals surface area contributed by atoms with E-state index in [0.717, 1.165) is 0 Å². The maximum atomic E-state index is 12.0. The van der Waals surface area contributed by atoms with E-state index < -0.39 is 0 Å². The number of rotatable bonds is 4. The second-order valence-electron chi connectivity index (χ2n) is 6.53. The van der Waals surface area contributed by atoms with E-state index in [1.807, 2.05) is 0 Å². The van der Waals surface area contributed by atoms with Gasteiger partial charge in [0.25, 0.3) is 11.9 Å². The zero-order valence-electron chi connectivity index (χ0n) is 12.9. The maximum Gasteiger partial charge on any atom is 0.287 e. The third-order valence-corrected chi connectivity index (χ3v) is 3.22. The van der Waals surface area contributed by atoms with Gasteiger partial charge in [-0.05, 0) is 11.5 Å². The van der Waals surface area contributed by atoms with Gasteiger partial charge in [-0.2, -0.15) is 0 Å². The van der Waals surface area contributed by atoms with Crippen molar-refractivity contribution < 1.29 is 18.7 Å². The minimum absolute atomic E-state index is 0.0446. The van der Waals surface area contributed by atoms with Gasteiger partial charge in [0.1, 0.15) is 0 Å². The Morgan fingerprint density at radius 2 is 2.19 bits per heavy atom. The second-order valence-corrected chi connectivity index (χ2v) is 6.53. The first-order chi connectivity index (χ1) is 9.78. The largest absolute Gasteiger partial charge is 0.468 e. The highest BCUT2D eigenvalue weighted by atomic mass is 16.6. The van der Waals surface area contributed by atoms with Crippen LogP contribution in [-0.2, 0) is 4.79 Å². The molecule has 1 atom stereocenters. The number of hydrogen-bond donors (Lipinski definition) is 1. The van der Waals surface area contributed by atoms with E-state index in [2.05, 4.69) is 26.1 Å². The van der Waals surface area contributed by atoms with Gasteiger partial charge in [-0.25, -0.2) is 0 Å². The van der Waals surface area contributed by atoms with Gasteiger partial charge in [-0.1, -0.05) is 20.8 Å². The Morgan fingerprint density at radius 3 is 2.76 bits per heavy atom. The van der Waals surface area contributed by atoms with Crippen LogP contribution in [0.1, 0.15) is 37.7 Å². The highest BCUT2D eigenvalue weighted by Gasteiger charge is 2.33. The van der Waals surface area contributed by atoms with Gasteiger partial charge < -0.3 is 19.4 Å². The summed E-state index contributed by atoms with van der Waals surface area (Å²) in [6, 6.07) is 2.96. The molecule has 0 saturated carbocycles. The SMILES string of the molecule is COc1ccc(C(=O)N[C@H]2CC(=O)N(CC(C)(C)C)C2)o1. The molecule has 1 aromatic rings. The van der Waals surface area contributed by atoms with Gasteiger partial charge in [0, 0.05) is 25.6 Å².